The Morgan fingerprint density at radius 3 is 0.833 bits per heavy atom. The molecule has 6 heteroatoms. The van der Waals surface area contributed by atoms with E-state index in [1.807, 2.05) is 42.5 Å². The highest BCUT2D eigenvalue weighted by molar-refractivity contribution is 6.15. The van der Waals surface area contributed by atoms with Gasteiger partial charge < -0.3 is 28.1 Å². The van der Waals surface area contributed by atoms with Gasteiger partial charge in [-0.15, -0.1) is 0 Å². The van der Waals surface area contributed by atoms with Crippen molar-refractivity contribution in [1.29, 1.82) is 0 Å². The molecule has 0 saturated carbocycles. The molecule has 0 spiro atoms. The predicted molar refractivity (Wildman–Crippen MR) is 481 cm³/mol. The molecule has 0 fully saturated rings. The topological polar surface area (TPSA) is 26.2 Å². The number of nitrogens with zero attached hydrogens (tertiary/aromatic N) is 6. The molecule has 18 aromatic carbocycles. The van der Waals surface area contributed by atoms with Crippen LogP contribution in [-0.2, 0) is 0 Å². The molecule has 6 nitrogen and oxygen atoms in total. The molecular weight excluding hydrogens is 1380 g/mol. The summed E-state index contributed by atoms with van der Waals surface area (Å²) in [4.78, 5) is 4.51. The highest BCUT2D eigenvalue weighted by Gasteiger charge is 2.23. The van der Waals surface area contributed by atoms with E-state index in [4.69, 9.17) is 6.85 Å². The Balaban J connectivity index is 0.000000148. The molecule has 0 atom stereocenters. The van der Waals surface area contributed by atoms with Crippen LogP contribution in [0.15, 0.2) is 449 Å². The van der Waals surface area contributed by atoms with E-state index in [1.165, 1.54) is 110 Å². The van der Waals surface area contributed by atoms with Crippen LogP contribution in [0.4, 0.5) is 34.1 Å². The fourth-order valence-corrected chi connectivity index (χ4v) is 17.1. The summed E-state index contributed by atoms with van der Waals surface area (Å²) in [5.41, 5.74) is 27.8. The van der Waals surface area contributed by atoms with Crippen molar-refractivity contribution in [2.24, 2.45) is 0 Å². The number of hydrogen-bond donors (Lipinski definition) is 0. The molecule has 0 aliphatic carbocycles. The van der Waals surface area contributed by atoms with E-state index in [9.17, 15) is 0 Å². The van der Waals surface area contributed by atoms with Crippen molar-refractivity contribution in [3.05, 3.63) is 449 Å². The van der Waals surface area contributed by atoms with Gasteiger partial charge in [-0.3, -0.25) is 0 Å². The van der Waals surface area contributed by atoms with Crippen molar-refractivity contribution in [2.45, 2.75) is 0 Å². The third kappa shape index (κ3) is 11.8. The van der Waals surface area contributed by atoms with Crippen molar-refractivity contribution in [3.8, 4) is 67.3 Å². The molecule has 22 rings (SSSR count). The summed E-state index contributed by atoms with van der Waals surface area (Å²) in [7, 11) is 0. The second kappa shape index (κ2) is 28.6. The summed E-state index contributed by atoms with van der Waals surface area (Å²) < 4.78 is 50.8. The van der Waals surface area contributed by atoms with Crippen LogP contribution in [-0.4, -0.2) is 18.3 Å². The van der Waals surface area contributed by atoms with Crippen molar-refractivity contribution in [1.82, 2.24) is 18.3 Å². The number of anilines is 6. The minimum absolute atomic E-state index is 0.185. The first-order valence-corrected chi connectivity index (χ1v) is 38.6. The smallest absolute Gasteiger partial charge is 0.0629 e. The van der Waals surface area contributed by atoms with Gasteiger partial charge in [0.15, 0.2) is 0 Å². The SMILES string of the molecule is [2H]c1c([2H])c([2H])c(-c2ccc(N(c3ccccc3)c3ccc(-n4c5ccccc5c5cc(-c6ccc7c(c6)c6ccccc6n7-c6ccccc6)ccc54)cc3)cc2)c([2H])c1[2H].c1ccc(-c2ccccc2N(c2ccccc2)c2ccc(-n3c4ccccc4c4cc(-c5ccc6c(c5)c5ccccc5n6-c5ccccc5)ccc43)cc2)cc1. The zero-order chi connectivity index (χ0) is 79.8. The molecule has 0 N–H and O–H groups in total. The Hall–Kier alpha value is -15.2. The van der Waals surface area contributed by atoms with Gasteiger partial charge in [-0.05, 0) is 227 Å². The molecular formula is C108H74N6. The van der Waals surface area contributed by atoms with Gasteiger partial charge >= 0.3 is 0 Å². The molecule has 4 aromatic heterocycles. The van der Waals surface area contributed by atoms with Gasteiger partial charge in [0.1, 0.15) is 0 Å². The second-order valence-electron chi connectivity index (χ2n) is 28.8. The van der Waals surface area contributed by atoms with E-state index in [1.54, 1.807) is 0 Å². The first-order valence-electron chi connectivity index (χ1n) is 41.1. The number of rotatable bonds is 14. The first kappa shape index (κ1) is 61.6. The fourth-order valence-electron chi connectivity index (χ4n) is 17.1. The van der Waals surface area contributed by atoms with Crippen LogP contribution in [0, 0.1) is 0 Å². The van der Waals surface area contributed by atoms with Crippen molar-refractivity contribution < 1.29 is 6.85 Å². The van der Waals surface area contributed by atoms with E-state index in [-0.39, 0.29) is 29.7 Å². The molecule has 0 bridgehead atoms. The molecule has 536 valence electrons. The average molecular weight is 1460 g/mol. The lowest BCUT2D eigenvalue weighted by Gasteiger charge is -2.28. The first-order chi connectivity index (χ1) is 58.6. The van der Waals surface area contributed by atoms with Crippen LogP contribution < -0.4 is 9.80 Å². The molecule has 0 amide bonds. The van der Waals surface area contributed by atoms with Gasteiger partial charge in [-0.25, -0.2) is 0 Å². The molecule has 114 heavy (non-hydrogen) atoms. The van der Waals surface area contributed by atoms with Crippen molar-refractivity contribution in [2.75, 3.05) is 9.80 Å². The lowest BCUT2D eigenvalue weighted by atomic mass is 10.0. The van der Waals surface area contributed by atoms with Gasteiger partial charge in [0.2, 0.25) is 0 Å². The van der Waals surface area contributed by atoms with Gasteiger partial charge in [-0.2, -0.15) is 0 Å². The highest BCUT2D eigenvalue weighted by Crippen LogP contribution is 2.46. The van der Waals surface area contributed by atoms with Crippen LogP contribution in [0.3, 0.4) is 0 Å². The standard InChI is InChI=1S/2C54H37N3/c1-4-16-38(17-5-1)45-22-10-13-25-50(45)55(41-18-6-2-7-19-41)43-30-32-44(33-31-43)57-52-27-15-12-24-47(52)49-37-40(29-35-54(49)57)39-28-34-53-48(36-39)46-23-11-14-26-51(46)56(53)42-20-8-3-9-21-42;1-4-14-38(15-5-1)39-24-28-44(29-25-39)55(42-16-6-2-7-17-42)45-30-32-46(33-31-45)57-52-23-13-11-21-48(52)50-37-41(27-35-54(50)57)40-26-34-53-49(36-40)47-20-10-12-22-51(47)56(53)43-18-8-3-9-19-43/h2*1-37H/i;1D,4D,5D,14D,15D. The maximum atomic E-state index is 8.50. The summed E-state index contributed by atoms with van der Waals surface area (Å²) >= 11 is 0. The van der Waals surface area contributed by atoms with Gasteiger partial charge in [0, 0.05) is 99.8 Å². The lowest BCUT2D eigenvalue weighted by Crippen LogP contribution is -2.11. The Labute approximate surface area is 668 Å². The predicted octanol–water partition coefficient (Wildman–Crippen LogP) is 29.4. The summed E-state index contributed by atoms with van der Waals surface area (Å²) in [6, 6.07) is 147. The summed E-state index contributed by atoms with van der Waals surface area (Å²) in [5, 5.41) is 9.80. The Bertz CT molecular complexity index is 7600. The third-order valence-electron chi connectivity index (χ3n) is 22.3. The second-order valence-corrected chi connectivity index (χ2v) is 28.8. The maximum Gasteiger partial charge on any atom is 0.0629 e. The molecule has 22 aromatic rings. The van der Waals surface area contributed by atoms with Gasteiger partial charge in [0.05, 0.1) is 56.7 Å². The number of benzene rings is 18. The minimum Gasteiger partial charge on any atom is -0.311 e. The average Bonchev–Trinajstić information content (AvgIpc) is 1.60. The Morgan fingerprint density at radius 2 is 0.447 bits per heavy atom. The Morgan fingerprint density at radius 1 is 0.175 bits per heavy atom. The van der Waals surface area contributed by atoms with Gasteiger partial charge in [-0.1, -0.05) is 261 Å². The zero-order valence-corrected chi connectivity index (χ0v) is 62.0. The fraction of sp³-hybridized carbons (Fsp3) is 0. The maximum absolute atomic E-state index is 8.50. The van der Waals surface area contributed by atoms with Crippen LogP contribution in [0.2, 0.25) is 0 Å². The lowest BCUT2D eigenvalue weighted by molar-refractivity contribution is 1.17. The normalized spacial score (nSPS) is 12.1. The van der Waals surface area contributed by atoms with Gasteiger partial charge in [0.25, 0.3) is 0 Å². The number of aromatic nitrogens is 4. The minimum atomic E-state index is -0.400. The van der Waals surface area contributed by atoms with E-state index >= 15 is 0 Å². The van der Waals surface area contributed by atoms with E-state index in [0.29, 0.717) is 5.56 Å². The van der Waals surface area contributed by atoms with Crippen LogP contribution in [0.5, 0.6) is 0 Å². The van der Waals surface area contributed by atoms with E-state index in [2.05, 4.69) is 404 Å². The van der Waals surface area contributed by atoms with E-state index < -0.39 is 6.04 Å². The van der Waals surface area contributed by atoms with Crippen LogP contribution in [0.25, 0.3) is 154 Å². The van der Waals surface area contributed by atoms with E-state index in [0.717, 1.165) is 67.8 Å². The quantitative estimate of drug-likeness (QED) is 0.108. The monoisotopic (exact) mass is 1460 g/mol. The van der Waals surface area contributed by atoms with Crippen LogP contribution >= 0.6 is 0 Å². The molecule has 0 aliphatic rings. The van der Waals surface area contributed by atoms with Crippen LogP contribution in [0.1, 0.15) is 6.85 Å². The largest absolute Gasteiger partial charge is 0.311 e. The summed E-state index contributed by atoms with van der Waals surface area (Å²) in [6.45, 7) is 0. The summed E-state index contributed by atoms with van der Waals surface area (Å²) in [5.74, 6) is 0. The Kier molecular flexibility index (Phi) is 15.5. The molecule has 0 radical (unpaired) electrons. The van der Waals surface area contributed by atoms with Crippen molar-refractivity contribution >= 4 is 121 Å². The molecule has 0 aliphatic heterocycles. The number of hydrogen-bond acceptors (Lipinski definition) is 2. The molecule has 0 saturated heterocycles. The number of para-hydroxylation sites is 9. The molecule has 4 heterocycles. The molecule has 0 unspecified atom stereocenters. The van der Waals surface area contributed by atoms with Crippen molar-refractivity contribution in [3.63, 3.8) is 0 Å². The highest BCUT2D eigenvalue weighted by atomic mass is 15.2. The zero-order valence-electron chi connectivity index (χ0n) is 67.0. The third-order valence-corrected chi connectivity index (χ3v) is 22.3. The number of fused-ring (bicyclic) bond motifs is 12. The summed E-state index contributed by atoms with van der Waals surface area (Å²) in [6.07, 6.45) is 0.